The molecule has 2 N–H and O–H groups in total. The van der Waals surface area contributed by atoms with E-state index in [1.165, 1.54) is 11.1 Å². The Hall–Kier alpha value is -1.72. The van der Waals surface area contributed by atoms with Gasteiger partial charge >= 0.3 is 0 Å². The molecule has 108 valence electrons. The van der Waals surface area contributed by atoms with E-state index in [9.17, 15) is 0 Å². The molecule has 0 aliphatic heterocycles. The van der Waals surface area contributed by atoms with Gasteiger partial charge in [-0.15, -0.1) is 0 Å². The van der Waals surface area contributed by atoms with Crippen LogP contribution in [0.1, 0.15) is 29.8 Å². The molecule has 0 amide bonds. The lowest BCUT2D eigenvalue weighted by molar-refractivity contribution is 0.135. The van der Waals surface area contributed by atoms with Crippen molar-refractivity contribution in [1.29, 1.82) is 0 Å². The number of nitrogens with two attached hydrogens (primary N) is 1. The number of hydrogen-bond acceptors (Lipinski definition) is 5. The van der Waals surface area contributed by atoms with Crippen LogP contribution in [0.5, 0.6) is 0 Å². The van der Waals surface area contributed by atoms with Gasteiger partial charge in [-0.25, -0.2) is 0 Å². The highest BCUT2D eigenvalue weighted by molar-refractivity contribution is 5.22. The van der Waals surface area contributed by atoms with Crippen LogP contribution < -0.4 is 5.73 Å². The molecule has 2 rings (SSSR count). The summed E-state index contributed by atoms with van der Waals surface area (Å²) in [5.74, 6) is 1.09. The van der Waals surface area contributed by atoms with Crippen LogP contribution in [0.25, 0.3) is 0 Å². The van der Waals surface area contributed by atoms with Gasteiger partial charge in [-0.3, -0.25) is 0 Å². The Labute approximate surface area is 119 Å². The molecule has 0 saturated heterocycles. The number of benzene rings is 1. The summed E-state index contributed by atoms with van der Waals surface area (Å²) in [6.07, 6.45) is 1.58. The zero-order valence-corrected chi connectivity index (χ0v) is 12.2. The minimum Gasteiger partial charge on any atom is -0.382 e. The van der Waals surface area contributed by atoms with Crippen LogP contribution in [0.2, 0.25) is 0 Å². The van der Waals surface area contributed by atoms with Gasteiger partial charge < -0.3 is 15.0 Å². The van der Waals surface area contributed by atoms with E-state index in [0.29, 0.717) is 24.7 Å². The van der Waals surface area contributed by atoms with Crippen LogP contribution in [0.4, 0.5) is 0 Å². The summed E-state index contributed by atoms with van der Waals surface area (Å²) < 4.78 is 10.3. The Morgan fingerprint density at radius 1 is 1.35 bits per heavy atom. The largest absolute Gasteiger partial charge is 0.382 e. The lowest BCUT2D eigenvalue weighted by atomic mass is 10.1. The van der Waals surface area contributed by atoms with Crippen molar-refractivity contribution in [3.05, 3.63) is 47.1 Å². The summed E-state index contributed by atoms with van der Waals surface area (Å²) in [4.78, 5) is 4.36. The topological polar surface area (TPSA) is 74.2 Å². The number of aromatic nitrogens is 2. The number of ether oxygens (including phenoxy) is 1. The monoisotopic (exact) mass is 275 g/mol. The molecule has 1 aromatic carbocycles. The van der Waals surface area contributed by atoms with Crippen LogP contribution >= 0.6 is 0 Å². The standard InChI is InChI=1S/C15H21N3O2/c1-11-5-4-6-12(9-11)7-8-13-17-14(18-20-13)15(2,16)10-19-3/h4-6,9H,7-8,10,16H2,1-3H3. The fraction of sp³-hybridized carbons (Fsp3) is 0.467. The Kier molecular flexibility index (Phi) is 4.52. The SMILES string of the molecule is COCC(C)(N)c1noc(CCc2cccc(C)c2)n1. The summed E-state index contributed by atoms with van der Waals surface area (Å²) >= 11 is 0. The summed E-state index contributed by atoms with van der Waals surface area (Å²) in [5, 5.41) is 3.95. The van der Waals surface area contributed by atoms with Crippen molar-refractivity contribution in [2.24, 2.45) is 5.73 Å². The van der Waals surface area contributed by atoms with Gasteiger partial charge in [-0.1, -0.05) is 35.0 Å². The van der Waals surface area contributed by atoms with Gasteiger partial charge in [0, 0.05) is 13.5 Å². The highest BCUT2D eigenvalue weighted by atomic mass is 16.5. The zero-order chi connectivity index (χ0) is 14.6. The first-order valence-electron chi connectivity index (χ1n) is 6.68. The maximum atomic E-state index is 6.08. The Bertz CT molecular complexity index is 564. The normalized spacial score (nSPS) is 14.2. The van der Waals surface area contributed by atoms with Gasteiger partial charge in [0.25, 0.3) is 0 Å². The van der Waals surface area contributed by atoms with E-state index < -0.39 is 5.54 Å². The van der Waals surface area contributed by atoms with Crippen LogP contribution in [-0.2, 0) is 23.1 Å². The molecule has 5 nitrogen and oxygen atoms in total. The molecule has 0 spiro atoms. The lowest BCUT2D eigenvalue weighted by Crippen LogP contribution is -2.39. The number of aryl methyl sites for hydroxylation is 3. The first kappa shape index (κ1) is 14.7. The highest BCUT2D eigenvalue weighted by Crippen LogP contribution is 2.15. The molecular weight excluding hydrogens is 254 g/mol. The molecule has 0 radical (unpaired) electrons. The minimum absolute atomic E-state index is 0.351. The number of nitrogens with zero attached hydrogens (tertiary/aromatic N) is 2. The second kappa shape index (κ2) is 6.15. The Morgan fingerprint density at radius 3 is 2.85 bits per heavy atom. The summed E-state index contributed by atoms with van der Waals surface area (Å²) in [6.45, 7) is 4.26. The number of hydrogen-bond donors (Lipinski definition) is 1. The van der Waals surface area contributed by atoms with E-state index in [1.807, 2.05) is 6.92 Å². The zero-order valence-electron chi connectivity index (χ0n) is 12.2. The summed E-state index contributed by atoms with van der Waals surface area (Å²) in [7, 11) is 1.60. The highest BCUT2D eigenvalue weighted by Gasteiger charge is 2.27. The van der Waals surface area contributed by atoms with Crippen LogP contribution in [0.3, 0.4) is 0 Å². The van der Waals surface area contributed by atoms with Crippen LogP contribution in [0.15, 0.2) is 28.8 Å². The van der Waals surface area contributed by atoms with Crippen molar-refractivity contribution >= 4 is 0 Å². The molecule has 5 heteroatoms. The third-order valence-electron chi connectivity index (χ3n) is 3.13. The van der Waals surface area contributed by atoms with Gasteiger partial charge in [0.15, 0.2) is 5.82 Å². The van der Waals surface area contributed by atoms with Gasteiger partial charge in [0.2, 0.25) is 5.89 Å². The van der Waals surface area contributed by atoms with Gasteiger partial charge in [0.1, 0.15) is 5.54 Å². The first-order chi connectivity index (χ1) is 9.51. The van der Waals surface area contributed by atoms with E-state index in [-0.39, 0.29) is 0 Å². The molecular formula is C15H21N3O2. The van der Waals surface area contributed by atoms with E-state index in [2.05, 4.69) is 41.3 Å². The fourth-order valence-electron chi connectivity index (χ4n) is 2.07. The Morgan fingerprint density at radius 2 is 2.15 bits per heavy atom. The molecule has 1 heterocycles. The van der Waals surface area contributed by atoms with Crippen LogP contribution in [-0.4, -0.2) is 23.9 Å². The predicted molar refractivity (Wildman–Crippen MR) is 76.3 cm³/mol. The Balaban J connectivity index is 2.00. The average Bonchev–Trinajstić information content (AvgIpc) is 2.86. The van der Waals surface area contributed by atoms with Gasteiger partial charge in [-0.05, 0) is 25.8 Å². The second-order valence-corrected chi connectivity index (χ2v) is 5.35. The van der Waals surface area contributed by atoms with Gasteiger partial charge in [-0.2, -0.15) is 4.98 Å². The summed E-state index contributed by atoms with van der Waals surface area (Å²) in [5.41, 5.74) is 7.87. The van der Waals surface area contributed by atoms with Crippen LogP contribution in [0, 0.1) is 6.92 Å². The molecule has 1 unspecified atom stereocenters. The molecule has 20 heavy (non-hydrogen) atoms. The minimum atomic E-state index is -0.722. The quantitative estimate of drug-likeness (QED) is 0.872. The number of rotatable bonds is 6. The maximum Gasteiger partial charge on any atom is 0.227 e. The fourth-order valence-corrected chi connectivity index (χ4v) is 2.07. The average molecular weight is 275 g/mol. The molecule has 0 aliphatic carbocycles. The smallest absolute Gasteiger partial charge is 0.227 e. The van der Waals surface area contributed by atoms with Crippen molar-refractivity contribution in [3.8, 4) is 0 Å². The number of methoxy groups -OCH3 is 1. The summed E-state index contributed by atoms with van der Waals surface area (Å²) in [6, 6.07) is 8.40. The third-order valence-corrected chi connectivity index (χ3v) is 3.13. The van der Waals surface area contributed by atoms with E-state index in [0.717, 1.165) is 6.42 Å². The van der Waals surface area contributed by atoms with Crippen molar-refractivity contribution < 1.29 is 9.26 Å². The molecule has 0 fully saturated rings. The second-order valence-electron chi connectivity index (χ2n) is 5.35. The molecule has 1 aromatic heterocycles. The predicted octanol–water partition coefficient (Wildman–Crippen LogP) is 1.98. The van der Waals surface area contributed by atoms with Crippen molar-refractivity contribution in [3.63, 3.8) is 0 Å². The van der Waals surface area contributed by atoms with Gasteiger partial charge in [0.05, 0.1) is 6.61 Å². The van der Waals surface area contributed by atoms with E-state index in [4.69, 9.17) is 15.0 Å². The molecule has 0 saturated carbocycles. The maximum absolute atomic E-state index is 6.08. The van der Waals surface area contributed by atoms with Crippen molar-refractivity contribution in [2.75, 3.05) is 13.7 Å². The third kappa shape index (κ3) is 3.65. The van der Waals surface area contributed by atoms with E-state index >= 15 is 0 Å². The molecule has 2 aromatic rings. The van der Waals surface area contributed by atoms with E-state index in [1.54, 1.807) is 7.11 Å². The molecule has 0 bridgehead atoms. The van der Waals surface area contributed by atoms with Crippen molar-refractivity contribution in [1.82, 2.24) is 10.1 Å². The van der Waals surface area contributed by atoms with Crippen molar-refractivity contribution in [2.45, 2.75) is 32.2 Å². The lowest BCUT2D eigenvalue weighted by Gasteiger charge is -2.18. The molecule has 0 aliphatic rings. The molecule has 1 atom stereocenters. The first-order valence-corrected chi connectivity index (χ1v) is 6.68.